The van der Waals surface area contributed by atoms with Crippen LogP contribution in [0.5, 0.6) is 0 Å². The van der Waals surface area contributed by atoms with Crippen LogP contribution in [0, 0.1) is 11.8 Å². The van der Waals surface area contributed by atoms with Gasteiger partial charge in [0.05, 0.1) is 22.6 Å². The fourth-order valence-electron chi connectivity index (χ4n) is 4.60. The predicted octanol–water partition coefficient (Wildman–Crippen LogP) is 5.36. The zero-order valence-electron chi connectivity index (χ0n) is 18.4. The molecule has 1 fully saturated rings. The highest BCUT2D eigenvalue weighted by Gasteiger charge is 2.31. The molecule has 5 nitrogen and oxygen atoms in total. The van der Waals surface area contributed by atoms with Gasteiger partial charge in [0, 0.05) is 18.4 Å². The van der Waals surface area contributed by atoms with Gasteiger partial charge < -0.3 is 5.32 Å². The number of aromatic nitrogens is 2. The number of benzene rings is 1. The number of hydrogen-bond acceptors (Lipinski definition) is 4. The molecule has 1 aromatic carbocycles. The molecule has 0 bridgehead atoms. The largest absolute Gasteiger partial charge is 0.342 e. The molecule has 1 aliphatic heterocycles. The Hall–Kier alpha value is -2.22. The molecule has 0 saturated heterocycles. The van der Waals surface area contributed by atoms with E-state index in [1.54, 1.807) is 11.8 Å². The average molecular weight is 462 g/mol. The maximum atomic E-state index is 13.7. The lowest BCUT2D eigenvalue weighted by Crippen LogP contribution is -2.43. The molecule has 32 heavy (non-hydrogen) atoms. The van der Waals surface area contributed by atoms with Crippen molar-refractivity contribution in [2.24, 2.45) is 11.8 Å². The van der Waals surface area contributed by atoms with Crippen molar-refractivity contribution < 1.29 is 13.6 Å². The van der Waals surface area contributed by atoms with Crippen LogP contribution in [0.3, 0.4) is 0 Å². The van der Waals surface area contributed by atoms with E-state index in [0.717, 1.165) is 32.6 Å². The summed E-state index contributed by atoms with van der Waals surface area (Å²) in [5.41, 5.74) is -0.348. The molecule has 0 spiro atoms. The number of carbonyl (C=O) groups is 1. The monoisotopic (exact) mass is 461 g/mol. The van der Waals surface area contributed by atoms with E-state index < -0.39 is 12.0 Å². The maximum absolute atomic E-state index is 13.7. The van der Waals surface area contributed by atoms with Gasteiger partial charge in [0.1, 0.15) is 6.04 Å². The van der Waals surface area contributed by atoms with Crippen molar-refractivity contribution >= 4 is 28.6 Å². The summed E-state index contributed by atoms with van der Waals surface area (Å²) in [6.07, 6.45) is 9.54. The van der Waals surface area contributed by atoms with Crippen LogP contribution in [0.2, 0.25) is 0 Å². The van der Waals surface area contributed by atoms with Gasteiger partial charge in [-0.2, -0.15) is 0 Å². The van der Waals surface area contributed by atoms with Crippen molar-refractivity contribution in [1.82, 2.24) is 14.9 Å². The number of nitrogens with one attached hydrogen (secondary N) is 1. The zero-order chi connectivity index (χ0) is 22.9. The van der Waals surface area contributed by atoms with Gasteiger partial charge in [-0.3, -0.25) is 14.2 Å². The van der Waals surface area contributed by atoms with Crippen LogP contribution in [0.1, 0.15) is 64.0 Å². The molecule has 2 heterocycles. The predicted molar refractivity (Wildman–Crippen MR) is 124 cm³/mol. The minimum atomic E-state index is -3.02. The van der Waals surface area contributed by atoms with Crippen LogP contribution >= 0.6 is 11.8 Å². The lowest BCUT2D eigenvalue weighted by molar-refractivity contribution is -0.125. The smallest absolute Gasteiger partial charge is 0.270 e. The molecule has 1 aliphatic carbocycles. The molecule has 1 amide bonds. The fraction of sp³-hybridized carbons (Fsp3) is 0.542. The van der Waals surface area contributed by atoms with Gasteiger partial charge in [-0.15, -0.1) is 11.8 Å². The second kappa shape index (κ2) is 9.33. The molecule has 0 radical (unpaired) electrons. The summed E-state index contributed by atoms with van der Waals surface area (Å²) in [6, 6.07) is 3.22. The molecule has 172 valence electrons. The van der Waals surface area contributed by atoms with Crippen molar-refractivity contribution in [3.63, 3.8) is 0 Å². The second-order valence-electron chi connectivity index (χ2n) is 9.09. The third-order valence-electron chi connectivity index (χ3n) is 6.58. The first kappa shape index (κ1) is 23.0. The Labute approximate surface area is 190 Å². The molecule has 4 rings (SSSR count). The van der Waals surface area contributed by atoms with Crippen molar-refractivity contribution in [3.8, 4) is 0 Å². The highest BCUT2D eigenvalue weighted by Crippen LogP contribution is 2.33. The summed E-state index contributed by atoms with van der Waals surface area (Å²) in [6.45, 7) is 2.86. The Morgan fingerprint density at radius 1 is 1.31 bits per heavy atom. The molecule has 2 aromatic rings. The Kier molecular flexibility index (Phi) is 6.70. The van der Waals surface area contributed by atoms with Crippen LogP contribution in [0.15, 0.2) is 40.8 Å². The topological polar surface area (TPSA) is 64.0 Å². The number of fused-ring (bicyclic) bond motifs is 1. The zero-order valence-corrected chi connectivity index (χ0v) is 19.2. The first-order chi connectivity index (χ1) is 15.2. The van der Waals surface area contributed by atoms with E-state index >= 15 is 0 Å². The second-order valence-corrected chi connectivity index (χ2v) is 10.1. The van der Waals surface area contributed by atoms with Gasteiger partial charge in [0.2, 0.25) is 5.91 Å². The standard InChI is InChI=1S/C24H29F2N3O2S/c1-15-10-11-32-22(15)28-21(30)20(12-16-6-4-3-5-7-16)29-14-27-19-13-17(24(2,25)26)8-9-18(19)23(29)31/h8-11,13-16,20,22H,3-7,12H2,1-2H3,(H,28,30). The molecular formula is C24H29F2N3O2S. The Bertz CT molecular complexity index is 1070. The van der Waals surface area contributed by atoms with Gasteiger partial charge in [-0.25, -0.2) is 13.8 Å². The maximum Gasteiger partial charge on any atom is 0.270 e. The molecule has 1 aromatic heterocycles. The molecular weight excluding hydrogens is 432 g/mol. The van der Waals surface area contributed by atoms with Crippen LogP contribution in [0.25, 0.3) is 10.9 Å². The van der Waals surface area contributed by atoms with Crippen LogP contribution in [-0.4, -0.2) is 20.8 Å². The minimum Gasteiger partial charge on any atom is -0.342 e. The summed E-state index contributed by atoms with van der Waals surface area (Å²) in [4.78, 5) is 31.0. The molecule has 1 saturated carbocycles. The number of carbonyl (C=O) groups excluding carboxylic acids is 1. The van der Waals surface area contributed by atoms with Crippen molar-refractivity contribution in [1.29, 1.82) is 0 Å². The summed E-state index contributed by atoms with van der Waals surface area (Å²) < 4.78 is 28.8. The SMILES string of the molecule is CC1C=CSC1NC(=O)C(CC1CCCCC1)n1cnc2cc(C(C)(F)F)ccc2c1=O. The number of thioether (sulfide) groups is 1. The number of rotatable bonds is 6. The van der Waals surface area contributed by atoms with E-state index in [1.807, 2.05) is 12.3 Å². The number of nitrogens with zero attached hydrogens (tertiary/aromatic N) is 2. The Morgan fingerprint density at radius 3 is 2.72 bits per heavy atom. The van der Waals surface area contributed by atoms with Gasteiger partial charge in [-0.05, 0) is 29.9 Å². The highest BCUT2D eigenvalue weighted by molar-refractivity contribution is 8.03. The summed E-state index contributed by atoms with van der Waals surface area (Å²) in [7, 11) is 0. The van der Waals surface area contributed by atoms with Crippen molar-refractivity contribution in [2.75, 3.05) is 0 Å². The Balaban J connectivity index is 1.68. The van der Waals surface area contributed by atoms with E-state index in [-0.39, 0.29) is 39.2 Å². The van der Waals surface area contributed by atoms with Crippen molar-refractivity contribution in [2.45, 2.75) is 69.7 Å². The lowest BCUT2D eigenvalue weighted by atomic mass is 9.84. The fourth-order valence-corrected chi connectivity index (χ4v) is 5.63. The molecule has 3 unspecified atom stereocenters. The van der Waals surface area contributed by atoms with Crippen LogP contribution in [-0.2, 0) is 10.7 Å². The minimum absolute atomic E-state index is 0.0604. The third-order valence-corrected chi connectivity index (χ3v) is 7.73. The third kappa shape index (κ3) is 4.90. The summed E-state index contributed by atoms with van der Waals surface area (Å²) in [5, 5.41) is 5.26. The Morgan fingerprint density at radius 2 is 2.06 bits per heavy atom. The highest BCUT2D eigenvalue weighted by atomic mass is 32.2. The van der Waals surface area contributed by atoms with E-state index in [9.17, 15) is 18.4 Å². The normalized spacial score (nSPS) is 22.9. The number of hydrogen-bond donors (Lipinski definition) is 1. The van der Waals surface area contributed by atoms with Crippen LogP contribution < -0.4 is 10.9 Å². The summed E-state index contributed by atoms with van der Waals surface area (Å²) in [5.74, 6) is -2.63. The number of amides is 1. The van der Waals surface area contributed by atoms with E-state index in [4.69, 9.17) is 0 Å². The first-order valence-corrected chi connectivity index (χ1v) is 12.2. The van der Waals surface area contributed by atoms with Gasteiger partial charge in [0.15, 0.2) is 0 Å². The molecule has 1 N–H and O–H groups in total. The molecule has 8 heteroatoms. The van der Waals surface area contributed by atoms with Gasteiger partial charge in [0.25, 0.3) is 11.5 Å². The van der Waals surface area contributed by atoms with E-state index in [1.165, 1.54) is 35.5 Å². The van der Waals surface area contributed by atoms with Crippen LogP contribution in [0.4, 0.5) is 8.78 Å². The molecule has 2 aliphatic rings. The van der Waals surface area contributed by atoms with Gasteiger partial charge >= 0.3 is 0 Å². The lowest BCUT2D eigenvalue weighted by Gasteiger charge is -2.28. The number of alkyl halides is 2. The summed E-state index contributed by atoms with van der Waals surface area (Å²) >= 11 is 1.56. The quantitative estimate of drug-likeness (QED) is 0.629. The van der Waals surface area contributed by atoms with E-state index in [0.29, 0.717) is 12.3 Å². The molecule has 3 atom stereocenters. The van der Waals surface area contributed by atoms with Gasteiger partial charge in [-0.1, -0.05) is 51.2 Å². The first-order valence-electron chi connectivity index (χ1n) is 11.3. The number of halogens is 2. The van der Waals surface area contributed by atoms with E-state index in [2.05, 4.69) is 16.4 Å². The average Bonchev–Trinajstić information content (AvgIpc) is 3.17. The van der Waals surface area contributed by atoms with Crippen molar-refractivity contribution in [3.05, 3.63) is 51.9 Å².